The van der Waals surface area contributed by atoms with Crippen LogP contribution in [-0.2, 0) is 10.0 Å². The summed E-state index contributed by atoms with van der Waals surface area (Å²) in [5, 5.41) is 11.1. The molecule has 0 spiro atoms. The quantitative estimate of drug-likeness (QED) is 0.763. The number of nitrogens with zero attached hydrogens (tertiary/aromatic N) is 1. The Labute approximate surface area is 96.7 Å². The van der Waals surface area contributed by atoms with Crippen molar-refractivity contribution in [1.82, 2.24) is 4.31 Å². The number of rotatable bonds is 1. The average molecular weight is 256 g/mol. The molecule has 90 valence electrons. The van der Waals surface area contributed by atoms with Crippen LogP contribution in [0, 0.1) is 0 Å². The summed E-state index contributed by atoms with van der Waals surface area (Å²) >= 11 is 0. The van der Waals surface area contributed by atoms with Gasteiger partial charge in [0.15, 0.2) is 0 Å². The smallest absolute Gasteiger partial charge is 0.337 e. The van der Waals surface area contributed by atoms with E-state index in [0.717, 1.165) is 7.05 Å². The minimum atomic E-state index is -3.97. The predicted molar refractivity (Wildman–Crippen MR) is 57.4 cm³/mol. The molecule has 1 aromatic rings. The van der Waals surface area contributed by atoms with Gasteiger partial charge in [0.25, 0.3) is 10.0 Å². The van der Waals surface area contributed by atoms with Gasteiger partial charge in [-0.15, -0.1) is 0 Å². The number of anilines is 1. The molecule has 0 unspecified atom stereocenters. The Morgan fingerprint density at radius 1 is 1.41 bits per heavy atom. The number of sulfonamides is 1. The van der Waals surface area contributed by atoms with Gasteiger partial charge < -0.3 is 10.4 Å². The van der Waals surface area contributed by atoms with E-state index in [0.29, 0.717) is 4.31 Å². The zero-order valence-corrected chi connectivity index (χ0v) is 9.48. The van der Waals surface area contributed by atoms with Crippen LogP contribution < -0.4 is 5.32 Å². The Bertz CT molecular complexity index is 622. The minimum Gasteiger partial charge on any atom is -0.478 e. The van der Waals surface area contributed by atoms with Gasteiger partial charge in [-0.25, -0.2) is 22.3 Å². The fraction of sp³-hybridized carbons (Fsp3) is 0.111. The van der Waals surface area contributed by atoms with Crippen molar-refractivity contribution in [1.29, 1.82) is 0 Å². The van der Waals surface area contributed by atoms with E-state index in [9.17, 15) is 18.0 Å². The second-order valence-electron chi connectivity index (χ2n) is 3.39. The normalized spacial score (nSPS) is 17.2. The average Bonchev–Trinajstić information content (AvgIpc) is 2.26. The van der Waals surface area contributed by atoms with Crippen LogP contribution in [0.15, 0.2) is 23.1 Å². The van der Waals surface area contributed by atoms with Crippen LogP contribution in [0.2, 0.25) is 0 Å². The van der Waals surface area contributed by atoms with E-state index in [1.807, 2.05) is 0 Å². The highest BCUT2D eigenvalue weighted by atomic mass is 32.2. The number of amides is 2. The molecule has 2 N–H and O–H groups in total. The first-order valence-corrected chi connectivity index (χ1v) is 5.96. The minimum absolute atomic E-state index is 0.192. The maximum atomic E-state index is 11.9. The molecule has 7 nitrogen and oxygen atoms in total. The molecule has 0 aliphatic carbocycles. The van der Waals surface area contributed by atoms with Gasteiger partial charge in [-0.3, -0.25) is 0 Å². The fourth-order valence-corrected chi connectivity index (χ4v) is 2.72. The summed E-state index contributed by atoms with van der Waals surface area (Å²) in [4.78, 5) is 22.1. The molecular formula is C9H8N2O5S. The molecule has 17 heavy (non-hydrogen) atoms. The monoisotopic (exact) mass is 256 g/mol. The van der Waals surface area contributed by atoms with Gasteiger partial charge in [-0.1, -0.05) is 6.07 Å². The molecule has 1 aromatic carbocycles. The third kappa shape index (κ3) is 1.53. The number of hydrogen-bond acceptors (Lipinski definition) is 4. The third-order valence-electron chi connectivity index (χ3n) is 2.41. The van der Waals surface area contributed by atoms with E-state index < -0.39 is 22.0 Å². The van der Waals surface area contributed by atoms with Crippen molar-refractivity contribution in [3.8, 4) is 0 Å². The highest BCUT2D eigenvalue weighted by molar-refractivity contribution is 7.90. The van der Waals surface area contributed by atoms with Gasteiger partial charge in [0.2, 0.25) is 0 Å². The first-order chi connectivity index (χ1) is 7.85. The van der Waals surface area contributed by atoms with Crippen molar-refractivity contribution in [2.75, 3.05) is 12.4 Å². The summed E-state index contributed by atoms with van der Waals surface area (Å²) in [7, 11) is -2.87. The van der Waals surface area contributed by atoms with Gasteiger partial charge in [0.05, 0.1) is 11.3 Å². The number of nitrogens with one attached hydrogen (secondary N) is 1. The van der Waals surface area contributed by atoms with Crippen LogP contribution >= 0.6 is 0 Å². The Balaban J connectivity index is 2.79. The van der Waals surface area contributed by atoms with Crippen LogP contribution in [0.25, 0.3) is 0 Å². The summed E-state index contributed by atoms with van der Waals surface area (Å²) < 4.78 is 24.3. The van der Waals surface area contributed by atoms with Crippen LogP contribution in [0.4, 0.5) is 10.5 Å². The molecule has 0 radical (unpaired) electrons. The molecule has 0 saturated heterocycles. The summed E-state index contributed by atoms with van der Waals surface area (Å²) in [5.41, 5.74) is -0.448. The Morgan fingerprint density at radius 2 is 2.06 bits per heavy atom. The van der Waals surface area contributed by atoms with E-state index in [4.69, 9.17) is 5.11 Å². The summed E-state index contributed by atoms with van der Waals surface area (Å²) in [6, 6.07) is 2.90. The first kappa shape index (κ1) is 11.4. The Kier molecular flexibility index (Phi) is 2.32. The number of carboxylic acid groups (broad SMARTS) is 1. The molecule has 2 amide bonds. The largest absolute Gasteiger partial charge is 0.478 e. The van der Waals surface area contributed by atoms with Crippen molar-refractivity contribution in [2.24, 2.45) is 0 Å². The SMILES string of the molecule is CN1C(=O)Nc2c(C(=O)O)cccc2S1(=O)=O. The lowest BCUT2D eigenvalue weighted by atomic mass is 10.2. The molecule has 8 heteroatoms. The van der Waals surface area contributed by atoms with Gasteiger partial charge in [-0.2, -0.15) is 0 Å². The van der Waals surface area contributed by atoms with Crippen LogP contribution in [0.3, 0.4) is 0 Å². The van der Waals surface area contributed by atoms with Gasteiger partial charge in [-0.05, 0) is 12.1 Å². The van der Waals surface area contributed by atoms with Crippen molar-refractivity contribution in [2.45, 2.75) is 4.90 Å². The standard InChI is InChI=1S/C9H8N2O5S/c1-11-9(14)10-7-5(8(12)13)3-2-4-6(7)17(11,15)16/h2-4H,1H3,(H,10,14)(H,12,13). The number of urea groups is 1. The number of aromatic carboxylic acids is 1. The molecule has 1 aliphatic heterocycles. The van der Waals surface area contributed by atoms with E-state index >= 15 is 0 Å². The molecule has 0 atom stereocenters. The number of benzene rings is 1. The number of carbonyl (C=O) groups is 2. The van der Waals surface area contributed by atoms with Crippen molar-refractivity contribution in [3.63, 3.8) is 0 Å². The number of carboxylic acids is 1. The molecule has 1 heterocycles. The van der Waals surface area contributed by atoms with Crippen LogP contribution in [-0.4, -0.2) is 36.9 Å². The molecular weight excluding hydrogens is 248 g/mol. The van der Waals surface area contributed by atoms with Crippen molar-refractivity contribution < 1.29 is 23.1 Å². The Morgan fingerprint density at radius 3 is 2.65 bits per heavy atom. The lowest BCUT2D eigenvalue weighted by Gasteiger charge is -2.26. The van der Waals surface area contributed by atoms with E-state index in [1.165, 1.54) is 18.2 Å². The highest BCUT2D eigenvalue weighted by Crippen LogP contribution is 2.31. The number of hydrogen-bond donors (Lipinski definition) is 2. The lowest BCUT2D eigenvalue weighted by Crippen LogP contribution is -2.41. The van der Waals surface area contributed by atoms with E-state index in [2.05, 4.69) is 5.32 Å². The summed E-state index contributed by atoms with van der Waals surface area (Å²) in [5.74, 6) is -1.30. The summed E-state index contributed by atoms with van der Waals surface area (Å²) in [6.07, 6.45) is 0. The van der Waals surface area contributed by atoms with Crippen molar-refractivity contribution >= 4 is 27.7 Å². The second-order valence-corrected chi connectivity index (χ2v) is 5.32. The van der Waals surface area contributed by atoms with Gasteiger partial charge in [0.1, 0.15) is 4.90 Å². The molecule has 1 aliphatic rings. The van der Waals surface area contributed by atoms with Crippen molar-refractivity contribution in [3.05, 3.63) is 23.8 Å². The fourth-order valence-electron chi connectivity index (χ4n) is 1.50. The van der Waals surface area contributed by atoms with E-state index in [1.54, 1.807) is 0 Å². The third-order valence-corrected chi connectivity index (χ3v) is 4.20. The lowest BCUT2D eigenvalue weighted by molar-refractivity contribution is 0.0698. The number of para-hydroxylation sites is 1. The van der Waals surface area contributed by atoms with Gasteiger partial charge >= 0.3 is 12.0 Å². The Hall–Kier alpha value is -2.09. The molecule has 0 saturated carbocycles. The highest BCUT2D eigenvalue weighted by Gasteiger charge is 2.35. The molecule has 0 aromatic heterocycles. The van der Waals surface area contributed by atoms with Gasteiger partial charge in [0, 0.05) is 7.05 Å². The topological polar surface area (TPSA) is 104 Å². The van der Waals surface area contributed by atoms with E-state index in [-0.39, 0.29) is 16.1 Å². The first-order valence-electron chi connectivity index (χ1n) is 4.52. The second kappa shape index (κ2) is 3.45. The molecule has 0 bridgehead atoms. The van der Waals surface area contributed by atoms with Crippen LogP contribution in [0.1, 0.15) is 10.4 Å². The number of fused-ring (bicyclic) bond motifs is 1. The maximum Gasteiger partial charge on any atom is 0.337 e. The summed E-state index contributed by atoms with van der Waals surface area (Å²) in [6.45, 7) is 0. The molecule has 2 rings (SSSR count). The zero-order valence-electron chi connectivity index (χ0n) is 8.67. The predicted octanol–water partition coefficient (Wildman–Crippen LogP) is 0.551. The zero-order chi connectivity index (χ0) is 12.8. The maximum absolute atomic E-state index is 11.9. The molecule has 0 fully saturated rings. The van der Waals surface area contributed by atoms with Crippen LogP contribution in [0.5, 0.6) is 0 Å². The number of carbonyl (C=O) groups excluding carboxylic acids is 1.